The molecule has 1 rings (SSSR count). The fourth-order valence-electron chi connectivity index (χ4n) is 0.481. The van der Waals surface area contributed by atoms with Gasteiger partial charge in [-0.1, -0.05) is 0 Å². The molecule has 2 N–H and O–H groups in total. The molecule has 0 spiro atoms. The average molecular weight is 145 g/mol. The summed E-state index contributed by atoms with van der Waals surface area (Å²) in [6.07, 6.45) is 1.46. The lowest BCUT2D eigenvalue weighted by molar-refractivity contribution is 0.593. The quantitative estimate of drug-likeness (QED) is 0.603. The molecule has 0 unspecified atom stereocenters. The first kappa shape index (κ1) is 6.31. The van der Waals surface area contributed by atoms with Gasteiger partial charge in [0.1, 0.15) is 5.03 Å². The predicted molar refractivity (Wildman–Crippen MR) is 31.1 cm³/mol. The molecule has 9 heavy (non-hydrogen) atoms. The highest BCUT2D eigenvalue weighted by atomic mass is 32.2. The molecule has 0 atom stereocenters. The van der Waals surface area contributed by atoms with Crippen LogP contribution in [0.4, 0.5) is 0 Å². The second-order valence-electron chi connectivity index (χ2n) is 1.54. The third-order valence-electron chi connectivity index (χ3n) is 0.859. The van der Waals surface area contributed by atoms with E-state index in [1.807, 2.05) is 0 Å². The Morgan fingerprint density at radius 3 is 2.44 bits per heavy atom. The number of nitrogens with one attached hydrogen (secondary N) is 2. The minimum Gasteiger partial charge on any atom is -0.351 e. The van der Waals surface area contributed by atoms with E-state index in [0.717, 1.165) is 0 Å². The highest BCUT2D eigenvalue weighted by Gasteiger charge is 2.06. The van der Waals surface area contributed by atoms with E-state index in [1.54, 1.807) is 0 Å². The summed E-state index contributed by atoms with van der Waals surface area (Å²) < 4.78 is 20.7. The Labute approximate surface area is 52.7 Å². The molecule has 1 aromatic rings. The number of aromatic nitrogens is 1. The van der Waals surface area contributed by atoms with Gasteiger partial charge < -0.3 is 4.98 Å². The molecule has 0 fully saturated rings. The van der Waals surface area contributed by atoms with Crippen LogP contribution in [0.15, 0.2) is 23.4 Å². The summed E-state index contributed by atoms with van der Waals surface area (Å²) in [4.78, 5) is 2.40. The maximum Gasteiger partial charge on any atom is 0.269 e. The van der Waals surface area contributed by atoms with Crippen molar-refractivity contribution in [2.75, 3.05) is 0 Å². The van der Waals surface area contributed by atoms with E-state index in [4.69, 9.17) is 5.14 Å². The van der Waals surface area contributed by atoms with Crippen molar-refractivity contribution >= 4 is 10.0 Å². The minimum atomic E-state index is -3.77. The molecule has 1 heterocycles. The summed E-state index contributed by atoms with van der Waals surface area (Å²) in [6.45, 7) is 0. The van der Waals surface area contributed by atoms with Gasteiger partial charge in [-0.25, -0.2) is 8.42 Å². The van der Waals surface area contributed by atoms with Crippen LogP contribution < -0.4 is 5.14 Å². The fourth-order valence-corrected chi connectivity index (χ4v) is 0.962. The highest BCUT2D eigenvalue weighted by molar-refractivity contribution is 7.88. The Kier molecular flexibility index (Phi) is 1.30. The first-order valence-corrected chi connectivity index (χ1v) is 3.72. The number of rotatable bonds is 1. The average Bonchev–Trinajstić information content (AvgIpc) is 2.08. The zero-order chi connectivity index (χ0) is 6.91. The van der Waals surface area contributed by atoms with E-state index in [-0.39, 0.29) is 5.03 Å². The van der Waals surface area contributed by atoms with Crippen LogP contribution in [0.25, 0.3) is 0 Å². The summed E-state index contributed by atoms with van der Waals surface area (Å²) in [6, 6.07) is 2.86. The van der Waals surface area contributed by atoms with Gasteiger partial charge in [0.05, 0.1) is 0 Å². The second-order valence-corrected chi connectivity index (χ2v) is 2.98. The van der Waals surface area contributed by atoms with E-state index in [0.29, 0.717) is 0 Å². The minimum absolute atomic E-state index is 0.0671. The van der Waals surface area contributed by atoms with Crippen LogP contribution in [-0.2, 0) is 10.0 Å². The van der Waals surface area contributed by atoms with Crippen molar-refractivity contribution < 1.29 is 8.42 Å². The molecule has 1 radical (unpaired) electrons. The molecule has 0 aliphatic heterocycles. The van der Waals surface area contributed by atoms with Crippen molar-refractivity contribution in [3.8, 4) is 0 Å². The summed E-state index contributed by atoms with van der Waals surface area (Å²) in [7, 11) is -3.77. The maximum atomic E-state index is 10.3. The third-order valence-corrected chi connectivity index (χ3v) is 1.69. The Balaban J connectivity index is 3.20. The van der Waals surface area contributed by atoms with Gasteiger partial charge in [-0.2, -0.15) is 0 Å². The van der Waals surface area contributed by atoms with Crippen molar-refractivity contribution in [1.82, 2.24) is 10.1 Å². The largest absolute Gasteiger partial charge is 0.351 e. The molecule has 4 nitrogen and oxygen atoms in total. The van der Waals surface area contributed by atoms with Gasteiger partial charge in [0.2, 0.25) is 0 Å². The maximum absolute atomic E-state index is 10.3. The van der Waals surface area contributed by atoms with Gasteiger partial charge in [-0.15, -0.1) is 5.14 Å². The molecular weight excluding hydrogens is 140 g/mol. The summed E-state index contributed by atoms with van der Waals surface area (Å²) >= 11 is 0. The van der Waals surface area contributed by atoms with Crippen LogP contribution in [0.2, 0.25) is 0 Å². The standard InChI is InChI=1S/C4H5N2O2S/c5-9(7,8)4-2-1-3-6-4/h1-3,5-6H. The molecule has 0 saturated carbocycles. The van der Waals surface area contributed by atoms with Crippen LogP contribution in [0.5, 0.6) is 0 Å². The van der Waals surface area contributed by atoms with Crippen LogP contribution in [-0.4, -0.2) is 13.4 Å². The molecule has 0 bridgehead atoms. The van der Waals surface area contributed by atoms with Gasteiger partial charge in [0, 0.05) is 6.20 Å². The van der Waals surface area contributed by atoms with Crippen molar-refractivity contribution in [1.29, 1.82) is 0 Å². The van der Waals surface area contributed by atoms with Gasteiger partial charge in [-0.05, 0) is 12.1 Å². The zero-order valence-electron chi connectivity index (χ0n) is 4.46. The SMILES string of the molecule is [NH]S(=O)(=O)c1ccc[nH]1. The van der Waals surface area contributed by atoms with Gasteiger partial charge >= 0.3 is 0 Å². The highest BCUT2D eigenvalue weighted by Crippen LogP contribution is 2.00. The lowest BCUT2D eigenvalue weighted by atomic mass is 10.7. The zero-order valence-corrected chi connectivity index (χ0v) is 5.27. The number of hydrogen-bond donors (Lipinski definition) is 1. The Morgan fingerprint density at radius 2 is 2.22 bits per heavy atom. The Bertz CT molecular complexity index is 274. The lowest BCUT2D eigenvalue weighted by Crippen LogP contribution is -1.99. The van der Waals surface area contributed by atoms with Crippen LogP contribution >= 0.6 is 0 Å². The summed E-state index contributed by atoms with van der Waals surface area (Å²) in [5.41, 5.74) is 0. The molecule has 0 saturated heterocycles. The second kappa shape index (κ2) is 1.85. The third kappa shape index (κ3) is 1.30. The van der Waals surface area contributed by atoms with E-state index in [9.17, 15) is 8.42 Å². The molecule has 0 aliphatic rings. The van der Waals surface area contributed by atoms with Crippen LogP contribution in [0.1, 0.15) is 0 Å². The first-order valence-electron chi connectivity index (χ1n) is 2.24. The molecule has 0 aliphatic carbocycles. The normalized spacial score (nSPS) is 11.7. The number of aromatic amines is 1. The first-order chi connectivity index (χ1) is 4.11. The fraction of sp³-hybridized carbons (Fsp3) is 0. The lowest BCUT2D eigenvalue weighted by Gasteiger charge is -1.86. The molecule has 0 aromatic carbocycles. The van der Waals surface area contributed by atoms with Crippen molar-refractivity contribution in [2.24, 2.45) is 0 Å². The number of H-pyrrole nitrogens is 1. The van der Waals surface area contributed by atoms with Gasteiger partial charge in [-0.3, -0.25) is 0 Å². The van der Waals surface area contributed by atoms with E-state index >= 15 is 0 Å². The molecule has 1 aromatic heterocycles. The smallest absolute Gasteiger partial charge is 0.269 e. The summed E-state index contributed by atoms with van der Waals surface area (Å²) in [5, 5.41) is 6.46. The Morgan fingerprint density at radius 1 is 1.56 bits per heavy atom. The van der Waals surface area contributed by atoms with Gasteiger partial charge in [0.25, 0.3) is 10.0 Å². The number of sulfonamides is 1. The van der Waals surface area contributed by atoms with E-state index in [1.165, 1.54) is 18.3 Å². The summed E-state index contributed by atoms with van der Waals surface area (Å²) in [5.74, 6) is 0. The van der Waals surface area contributed by atoms with Crippen molar-refractivity contribution in [3.05, 3.63) is 18.3 Å². The van der Waals surface area contributed by atoms with Gasteiger partial charge in [0.15, 0.2) is 0 Å². The van der Waals surface area contributed by atoms with E-state index < -0.39 is 10.0 Å². The molecular formula is C4H5N2O2S. The van der Waals surface area contributed by atoms with Crippen molar-refractivity contribution in [2.45, 2.75) is 5.03 Å². The number of hydrogen-bond acceptors (Lipinski definition) is 2. The predicted octanol–water partition coefficient (Wildman–Crippen LogP) is -0.0137. The molecule has 49 valence electrons. The Hall–Kier alpha value is -0.810. The van der Waals surface area contributed by atoms with Crippen LogP contribution in [0.3, 0.4) is 0 Å². The van der Waals surface area contributed by atoms with Crippen molar-refractivity contribution in [3.63, 3.8) is 0 Å². The monoisotopic (exact) mass is 145 g/mol. The topological polar surface area (TPSA) is 73.7 Å². The van der Waals surface area contributed by atoms with E-state index in [2.05, 4.69) is 4.98 Å². The molecule has 5 heteroatoms. The molecule has 0 amide bonds. The van der Waals surface area contributed by atoms with Crippen LogP contribution in [0, 0.1) is 0 Å².